The largest absolute Gasteiger partial charge is 0.397 e. The van der Waals surface area contributed by atoms with Crippen molar-refractivity contribution >= 4 is 11.6 Å². The quantitative estimate of drug-likeness (QED) is 0.733. The second kappa shape index (κ2) is 4.60. The Labute approximate surface area is 96.6 Å². The number of anilines is 1. The number of H-pyrrole nitrogens is 1. The van der Waals surface area contributed by atoms with Gasteiger partial charge in [0, 0.05) is 18.4 Å². The highest BCUT2D eigenvalue weighted by Gasteiger charge is 2.20. The molecule has 0 aliphatic heterocycles. The molecule has 90 valence electrons. The molecule has 4 N–H and O–H groups in total. The number of carbonyl (C=O) groups excluding carboxylic acids is 1. The Hall–Kier alpha value is -1.45. The van der Waals surface area contributed by atoms with Gasteiger partial charge in [0.1, 0.15) is 5.69 Å². The van der Waals surface area contributed by atoms with E-state index in [4.69, 9.17) is 5.73 Å². The Bertz CT molecular complexity index is 363. The van der Waals surface area contributed by atoms with E-state index in [0.717, 1.165) is 0 Å². The van der Waals surface area contributed by atoms with E-state index in [1.165, 1.54) is 0 Å². The zero-order valence-corrected chi connectivity index (χ0v) is 10.4. The second-order valence-electron chi connectivity index (χ2n) is 5.32. The van der Waals surface area contributed by atoms with Crippen molar-refractivity contribution in [1.29, 1.82) is 0 Å². The Morgan fingerprint density at radius 3 is 2.62 bits per heavy atom. The molecule has 0 radical (unpaired) electrons. The van der Waals surface area contributed by atoms with Crippen molar-refractivity contribution in [2.24, 2.45) is 11.3 Å². The monoisotopic (exact) mass is 223 g/mol. The minimum atomic E-state index is -0.104. The highest BCUT2D eigenvalue weighted by Crippen LogP contribution is 2.24. The standard InChI is InChI=1S/C12H21N3O/c1-8(12(2,3)4)6-15-11(16)10-5-9(13)7-14-10/h5,7-8,14H,6,13H2,1-4H3,(H,15,16). The molecule has 0 saturated heterocycles. The highest BCUT2D eigenvalue weighted by molar-refractivity contribution is 5.93. The van der Waals surface area contributed by atoms with Gasteiger partial charge in [0.25, 0.3) is 5.91 Å². The van der Waals surface area contributed by atoms with Crippen molar-refractivity contribution in [3.8, 4) is 0 Å². The highest BCUT2D eigenvalue weighted by atomic mass is 16.1. The summed E-state index contributed by atoms with van der Waals surface area (Å²) in [6.07, 6.45) is 1.61. The summed E-state index contributed by atoms with van der Waals surface area (Å²) in [5.74, 6) is 0.316. The molecule has 1 heterocycles. The van der Waals surface area contributed by atoms with E-state index >= 15 is 0 Å². The number of nitrogens with one attached hydrogen (secondary N) is 2. The lowest BCUT2D eigenvalue weighted by atomic mass is 9.82. The van der Waals surface area contributed by atoms with E-state index in [9.17, 15) is 4.79 Å². The number of aromatic nitrogens is 1. The zero-order valence-electron chi connectivity index (χ0n) is 10.4. The van der Waals surface area contributed by atoms with Gasteiger partial charge in [0.05, 0.1) is 0 Å². The number of aromatic amines is 1. The van der Waals surface area contributed by atoms with Crippen LogP contribution in [0.1, 0.15) is 38.2 Å². The van der Waals surface area contributed by atoms with Crippen molar-refractivity contribution in [1.82, 2.24) is 10.3 Å². The fourth-order valence-corrected chi connectivity index (χ4v) is 1.19. The summed E-state index contributed by atoms with van der Waals surface area (Å²) in [5, 5.41) is 2.89. The van der Waals surface area contributed by atoms with Crippen molar-refractivity contribution in [3.63, 3.8) is 0 Å². The molecule has 1 atom stereocenters. The molecule has 1 rings (SSSR count). The summed E-state index contributed by atoms with van der Waals surface area (Å²) in [6.45, 7) is 9.29. The molecule has 4 heteroatoms. The lowest BCUT2D eigenvalue weighted by Gasteiger charge is -2.27. The normalized spacial score (nSPS) is 13.5. The molecule has 0 bridgehead atoms. The van der Waals surface area contributed by atoms with Crippen molar-refractivity contribution in [2.45, 2.75) is 27.7 Å². The van der Waals surface area contributed by atoms with Crippen molar-refractivity contribution in [3.05, 3.63) is 18.0 Å². The molecule has 1 unspecified atom stereocenters. The maximum Gasteiger partial charge on any atom is 0.267 e. The van der Waals surface area contributed by atoms with Crippen LogP contribution in [-0.2, 0) is 0 Å². The summed E-state index contributed by atoms with van der Waals surface area (Å²) < 4.78 is 0. The van der Waals surface area contributed by atoms with Gasteiger partial charge in [-0.05, 0) is 17.4 Å². The number of hydrogen-bond acceptors (Lipinski definition) is 2. The number of nitrogens with two attached hydrogens (primary N) is 1. The maximum absolute atomic E-state index is 11.7. The van der Waals surface area contributed by atoms with Crippen molar-refractivity contribution in [2.75, 3.05) is 12.3 Å². The van der Waals surface area contributed by atoms with Gasteiger partial charge >= 0.3 is 0 Å². The number of amides is 1. The van der Waals surface area contributed by atoms with Crippen LogP contribution >= 0.6 is 0 Å². The third-order valence-electron chi connectivity index (χ3n) is 3.00. The molecular weight excluding hydrogens is 202 g/mol. The SMILES string of the molecule is CC(CNC(=O)c1cc(N)c[nH]1)C(C)(C)C. The summed E-state index contributed by atoms with van der Waals surface area (Å²) in [6, 6.07) is 1.64. The van der Waals surface area contributed by atoms with Gasteiger partial charge in [-0.25, -0.2) is 0 Å². The lowest BCUT2D eigenvalue weighted by molar-refractivity contribution is 0.0932. The summed E-state index contributed by atoms with van der Waals surface area (Å²) in [4.78, 5) is 14.5. The topological polar surface area (TPSA) is 70.9 Å². The zero-order chi connectivity index (χ0) is 12.3. The van der Waals surface area contributed by atoms with Gasteiger partial charge in [0.15, 0.2) is 0 Å². The van der Waals surface area contributed by atoms with Gasteiger partial charge in [0.2, 0.25) is 0 Å². The minimum absolute atomic E-state index is 0.104. The van der Waals surface area contributed by atoms with Crippen LogP contribution in [0.25, 0.3) is 0 Å². The molecular formula is C12H21N3O. The summed E-state index contributed by atoms with van der Waals surface area (Å²) >= 11 is 0. The first-order chi connectivity index (χ1) is 7.30. The molecule has 1 amide bonds. The van der Waals surface area contributed by atoms with Crippen LogP contribution in [0.5, 0.6) is 0 Å². The van der Waals surface area contributed by atoms with E-state index in [2.05, 4.69) is 38.0 Å². The molecule has 0 saturated carbocycles. The fourth-order valence-electron chi connectivity index (χ4n) is 1.19. The Kier molecular flexibility index (Phi) is 3.62. The van der Waals surface area contributed by atoms with Crippen LogP contribution in [0.15, 0.2) is 12.3 Å². The first kappa shape index (κ1) is 12.6. The van der Waals surface area contributed by atoms with Gasteiger partial charge in [-0.1, -0.05) is 27.7 Å². The van der Waals surface area contributed by atoms with Gasteiger partial charge < -0.3 is 16.0 Å². The average Bonchev–Trinajstić information content (AvgIpc) is 2.59. The van der Waals surface area contributed by atoms with E-state index in [-0.39, 0.29) is 11.3 Å². The molecule has 16 heavy (non-hydrogen) atoms. The molecule has 1 aromatic heterocycles. The van der Waals surface area contributed by atoms with Gasteiger partial charge in [-0.3, -0.25) is 4.79 Å². The molecule has 0 aliphatic rings. The fraction of sp³-hybridized carbons (Fsp3) is 0.583. The van der Waals surface area contributed by atoms with Crippen LogP contribution in [-0.4, -0.2) is 17.4 Å². The number of rotatable bonds is 3. The summed E-state index contributed by atoms with van der Waals surface area (Å²) in [7, 11) is 0. The maximum atomic E-state index is 11.7. The average molecular weight is 223 g/mol. The summed E-state index contributed by atoms with van der Waals surface area (Å²) in [5.41, 5.74) is 6.82. The third kappa shape index (κ3) is 3.29. The number of nitrogen functional groups attached to an aromatic ring is 1. The molecule has 0 aromatic carbocycles. The Morgan fingerprint density at radius 2 is 2.19 bits per heavy atom. The van der Waals surface area contributed by atoms with Gasteiger partial charge in [-0.2, -0.15) is 0 Å². The Morgan fingerprint density at radius 1 is 1.56 bits per heavy atom. The molecule has 4 nitrogen and oxygen atoms in total. The molecule has 1 aromatic rings. The van der Waals surface area contributed by atoms with E-state index in [0.29, 0.717) is 23.8 Å². The van der Waals surface area contributed by atoms with Crippen LogP contribution in [0.3, 0.4) is 0 Å². The predicted molar refractivity (Wildman–Crippen MR) is 66.2 cm³/mol. The smallest absolute Gasteiger partial charge is 0.267 e. The number of hydrogen-bond donors (Lipinski definition) is 3. The molecule has 0 fully saturated rings. The first-order valence-corrected chi connectivity index (χ1v) is 5.53. The molecule has 0 aliphatic carbocycles. The minimum Gasteiger partial charge on any atom is -0.397 e. The van der Waals surface area contributed by atoms with Crippen LogP contribution in [0.4, 0.5) is 5.69 Å². The van der Waals surface area contributed by atoms with Gasteiger partial charge in [-0.15, -0.1) is 0 Å². The second-order valence-corrected chi connectivity index (χ2v) is 5.32. The lowest BCUT2D eigenvalue weighted by Crippen LogP contribution is -2.33. The van der Waals surface area contributed by atoms with E-state index in [1.807, 2.05) is 0 Å². The first-order valence-electron chi connectivity index (χ1n) is 5.53. The molecule has 0 spiro atoms. The Balaban J connectivity index is 2.48. The van der Waals surface area contributed by atoms with Crippen LogP contribution in [0.2, 0.25) is 0 Å². The van der Waals surface area contributed by atoms with E-state index < -0.39 is 0 Å². The number of carbonyl (C=O) groups is 1. The van der Waals surface area contributed by atoms with Crippen molar-refractivity contribution < 1.29 is 4.79 Å². The predicted octanol–water partition coefficient (Wildman–Crippen LogP) is 2.01. The van der Waals surface area contributed by atoms with Crippen LogP contribution < -0.4 is 11.1 Å². The third-order valence-corrected chi connectivity index (χ3v) is 3.00. The van der Waals surface area contributed by atoms with E-state index in [1.54, 1.807) is 12.3 Å². The van der Waals surface area contributed by atoms with Crippen LogP contribution in [0, 0.1) is 11.3 Å².